The van der Waals surface area contributed by atoms with Gasteiger partial charge in [0.05, 0.1) is 6.61 Å². The Morgan fingerprint density at radius 3 is 1.46 bits per heavy atom. The molecule has 5 rings (SSSR count). The minimum absolute atomic E-state index is 0.0808. The summed E-state index contributed by atoms with van der Waals surface area (Å²) in [7, 11) is 0. The van der Waals surface area contributed by atoms with Crippen LogP contribution in [0, 0.1) is 0 Å². The highest BCUT2D eigenvalue weighted by molar-refractivity contribution is 5.55. The van der Waals surface area contributed by atoms with Crippen molar-refractivity contribution in [3.63, 3.8) is 0 Å². The molecule has 2 aromatic heterocycles. The predicted molar refractivity (Wildman–Crippen MR) is 208 cm³/mol. The quantitative estimate of drug-likeness (QED) is 0.0716. The van der Waals surface area contributed by atoms with Gasteiger partial charge in [-0.05, 0) is 93.2 Å². The van der Waals surface area contributed by atoms with E-state index in [1.54, 1.807) is 0 Å². The van der Waals surface area contributed by atoms with Gasteiger partial charge in [0, 0.05) is 23.8 Å². The van der Waals surface area contributed by atoms with Crippen LogP contribution in [0.15, 0.2) is 60.9 Å². The third-order valence-electron chi connectivity index (χ3n) is 9.24. The molecule has 14 heteroatoms. The molecule has 2 N–H and O–H groups in total. The van der Waals surface area contributed by atoms with Gasteiger partial charge in [-0.1, -0.05) is 83.6 Å². The standard InChI is InChI=1S/C21H26F3N3O.C21H28F3N3O/c1-2-3-4-7-15-10-12-16(13-11-15)26-20-25-14-18(21(22,23)24)19(27-20)28-17-8-5-6-9-17;1-3-5-7-9-16-10-12-17(13-11-16)26-20-25-15-18(21(22,23)24)19(27-20)28-14-8-6-4-2/h10-14,17H,2-9H2,1H3,(H,25,26,27);10-13,15H,3-9,14H2,1-2H3,(H,25,26,27). The predicted octanol–water partition coefficient (Wildman–Crippen LogP) is 12.8. The molecule has 0 spiro atoms. The molecule has 0 atom stereocenters. The second-order valence-corrected chi connectivity index (χ2v) is 14.0. The highest BCUT2D eigenvalue weighted by Gasteiger charge is 2.38. The molecule has 56 heavy (non-hydrogen) atoms. The number of ether oxygens (including phenoxy) is 2. The first kappa shape index (κ1) is 44.1. The molecule has 0 bridgehead atoms. The van der Waals surface area contributed by atoms with E-state index in [1.807, 2.05) is 55.5 Å². The van der Waals surface area contributed by atoms with Crippen molar-refractivity contribution in [2.75, 3.05) is 17.2 Å². The summed E-state index contributed by atoms with van der Waals surface area (Å²) in [5, 5.41) is 5.92. The number of benzene rings is 2. The minimum Gasteiger partial charge on any atom is -0.477 e. The van der Waals surface area contributed by atoms with Crippen LogP contribution in [0.2, 0.25) is 0 Å². The summed E-state index contributed by atoms with van der Waals surface area (Å²) in [5.41, 5.74) is 2.02. The Morgan fingerprint density at radius 1 is 0.589 bits per heavy atom. The normalized spacial score (nSPS) is 13.2. The number of nitrogens with zero attached hydrogens (tertiary/aromatic N) is 4. The van der Waals surface area contributed by atoms with Crippen LogP contribution in [-0.2, 0) is 25.2 Å². The molecule has 1 fully saturated rings. The van der Waals surface area contributed by atoms with Crippen molar-refractivity contribution in [3.8, 4) is 11.8 Å². The van der Waals surface area contributed by atoms with Gasteiger partial charge in [0.25, 0.3) is 0 Å². The van der Waals surface area contributed by atoms with Crippen LogP contribution in [0.1, 0.15) is 126 Å². The molecule has 4 aromatic rings. The van der Waals surface area contributed by atoms with Crippen LogP contribution in [0.25, 0.3) is 0 Å². The fourth-order valence-electron chi connectivity index (χ4n) is 6.05. The van der Waals surface area contributed by atoms with Gasteiger partial charge in [0.1, 0.15) is 17.2 Å². The Bertz CT molecular complexity index is 1730. The highest BCUT2D eigenvalue weighted by Crippen LogP contribution is 2.38. The monoisotopic (exact) mass is 788 g/mol. The average molecular weight is 789 g/mol. The minimum atomic E-state index is -4.56. The van der Waals surface area contributed by atoms with Gasteiger partial charge in [-0.2, -0.15) is 36.3 Å². The van der Waals surface area contributed by atoms with E-state index in [0.29, 0.717) is 6.42 Å². The van der Waals surface area contributed by atoms with Gasteiger partial charge >= 0.3 is 12.4 Å². The number of rotatable bonds is 19. The SMILES string of the molecule is CCCCCOc1nc(Nc2ccc(CCCCC)cc2)ncc1C(F)(F)F.CCCCCc1ccc(Nc2ncc(C(F)(F)F)c(OC3CCCC3)n2)cc1. The fraction of sp³-hybridized carbons (Fsp3) is 0.524. The van der Waals surface area contributed by atoms with E-state index in [0.717, 1.165) is 88.0 Å². The van der Waals surface area contributed by atoms with Crippen molar-refractivity contribution in [1.82, 2.24) is 19.9 Å². The fourth-order valence-corrected chi connectivity index (χ4v) is 6.05. The number of anilines is 4. The van der Waals surface area contributed by atoms with Crippen LogP contribution in [0.5, 0.6) is 11.8 Å². The second kappa shape index (κ2) is 22.2. The van der Waals surface area contributed by atoms with Crippen LogP contribution in [0.4, 0.5) is 49.6 Å². The summed E-state index contributed by atoms with van der Waals surface area (Å²) in [5.74, 6) is -0.651. The molecular weight excluding hydrogens is 734 g/mol. The van der Waals surface area contributed by atoms with Crippen molar-refractivity contribution >= 4 is 23.3 Å². The molecule has 0 saturated heterocycles. The van der Waals surface area contributed by atoms with Crippen molar-refractivity contribution in [2.24, 2.45) is 0 Å². The van der Waals surface area contributed by atoms with Gasteiger partial charge in [-0.15, -0.1) is 0 Å². The molecule has 8 nitrogen and oxygen atoms in total. The number of nitrogens with one attached hydrogen (secondary N) is 2. The highest BCUT2D eigenvalue weighted by atomic mass is 19.4. The summed E-state index contributed by atoms with van der Waals surface area (Å²) in [6.07, 6.45) is 7.27. The van der Waals surface area contributed by atoms with Gasteiger partial charge in [-0.3, -0.25) is 0 Å². The van der Waals surface area contributed by atoms with Gasteiger partial charge in [-0.25, -0.2) is 9.97 Å². The van der Waals surface area contributed by atoms with E-state index in [-0.39, 0.29) is 24.6 Å². The lowest BCUT2D eigenvalue weighted by molar-refractivity contribution is -0.140. The lowest BCUT2D eigenvalue weighted by Crippen LogP contribution is -2.17. The first-order valence-corrected chi connectivity index (χ1v) is 19.8. The molecule has 0 aliphatic heterocycles. The van der Waals surface area contributed by atoms with Crippen molar-refractivity contribution in [1.29, 1.82) is 0 Å². The summed E-state index contributed by atoms with van der Waals surface area (Å²) in [4.78, 5) is 15.6. The topological polar surface area (TPSA) is 94.1 Å². The molecule has 2 aromatic carbocycles. The average Bonchev–Trinajstić information content (AvgIpc) is 3.68. The van der Waals surface area contributed by atoms with Crippen molar-refractivity contribution < 1.29 is 35.8 Å². The largest absolute Gasteiger partial charge is 0.477 e. The van der Waals surface area contributed by atoms with Gasteiger partial charge in [0.2, 0.25) is 23.7 Å². The van der Waals surface area contributed by atoms with Crippen LogP contribution < -0.4 is 20.1 Å². The summed E-state index contributed by atoms with van der Waals surface area (Å²) in [6, 6.07) is 15.6. The van der Waals surface area contributed by atoms with Crippen LogP contribution >= 0.6 is 0 Å². The number of hydrogen-bond acceptors (Lipinski definition) is 8. The van der Waals surface area contributed by atoms with E-state index in [1.165, 1.54) is 36.8 Å². The molecule has 0 unspecified atom stereocenters. The summed E-state index contributed by atoms with van der Waals surface area (Å²) in [6.45, 7) is 6.55. The molecule has 306 valence electrons. The third-order valence-corrected chi connectivity index (χ3v) is 9.24. The zero-order valence-electron chi connectivity index (χ0n) is 32.5. The maximum absolute atomic E-state index is 13.3. The second-order valence-electron chi connectivity index (χ2n) is 14.0. The Balaban J connectivity index is 0.000000249. The maximum Gasteiger partial charge on any atom is 0.423 e. The number of aromatic nitrogens is 4. The zero-order chi connectivity index (χ0) is 40.4. The Kier molecular flexibility index (Phi) is 17.5. The molecule has 1 aliphatic rings. The van der Waals surface area contributed by atoms with Crippen LogP contribution in [-0.4, -0.2) is 32.6 Å². The van der Waals surface area contributed by atoms with E-state index in [2.05, 4.69) is 44.4 Å². The maximum atomic E-state index is 13.3. The molecule has 0 radical (unpaired) electrons. The van der Waals surface area contributed by atoms with Gasteiger partial charge < -0.3 is 20.1 Å². The van der Waals surface area contributed by atoms with Crippen molar-refractivity contribution in [2.45, 2.75) is 136 Å². The molecule has 1 aliphatic carbocycles. The van der Waals surface area contributed by atoms with E-state index in [4.69, 9.17) is 9.47 Å². The third kappa shape index (κ3) is 14.8. The molecule has 0 amide bonds. The Hall–Kier alpha value is -4.62. The lowest BCUT2D eigenvalue weighted by atomic mass is 10.1. The number of halogens is 6. The van der Waals surface area contributed by atoms with Crippen molar-refractivity contribution in [3.05, 3.63) is 83.2 Å². The van der Waals surface area contributed by atoms with Gasteiger partial charge in [0.15, 0.2) is 0 Å². The van der Waals surface area contributed by atoms with Crippen LogP contribution in [0.3, 0.4) is 0 Å². The Labute approximate surface area is 326 Å². The van der Waals surface area contributed by atoms with E-state index < -0.39 is 35.2 Å². The first-order chi connectivity index (χ1) is 26.9. The molecular formula is C42H54F6N6O2. The first-order valence-electron chi connectivity index (χ1n) is 19.8. The Morgan fingerprint density at radius 2 is 1.02 bits per heavy atom. The summed E-state index contributed by atoms with van der Waals surface area (Å²) >= 11 is 0. The van der Waals surface area contributed by atoms with E-state index in [9.17, 15) is 26.3 Å². The smallest absolute Gasteiger partial charge is 0.423 e. The van der Waals surface area contributed by atoms with E-state index >= 15 is 0 Å². The lowest BCUT2D eigenvalue weighted by Gasteiger charge is -2.17. The summed E-state index contributed by atoms with van der Waals surface area (Å²) < 4.78 is 90.2. The number of unbranched alkanes of at least 4 members (excludes halogenated alkanes) is 6. The number of aryl methyl sites for hydroxylation is 2. The zero-order valence-corrected chi connectivity index (χ0v) is 32.5. The number of alkyl halides is 6. The number of hydrogen-bond donors (Lipinski definition) is 2. The molecule has 1 saturated carbocycles. The molecule has 2 heterocycles.